The summed E-state index contributed by atoms with van der Waals surface area (Å²) >= 11 is 3.55. The molecular formula is C22H20BrN3O2. The lowest BCUT2D eigenvalue weighted by Crippen LogP contribution is -2.16. The fourth-order valence-corrected chi connectivity index (χ4v) is 4.50. The SMILES string of the molecule is COc1cc(-c2c(C#N)c(N)cc3c2NC2=C(C=CCC2)C3)cc(Br)c1OC. The average Bonchev–Trinajstić information content (AvgIpc) is 2.70. The highest BCUT2D eigenvalue weighted by Crippen LogP contribution is 2.46. The molecule has 1 aliphatic heterocycles. The Kier molecular flexibility index (Phi) is 4.78. The maximum absolute atomic E-state index is 9.84. The Morgan fingerprint density at radius 1 is 1.21 bits per heavy atom. The van der Waals surface area contributed by atoms with Crippen LogP contribution in [-0.4, -0.2) is 14.2 Å². The number of nitrogen functional groups attached to an aromatic ring is 1. The van der Waals surface area contributed by atoms with Gasteiger partial charge in [0.15, 0.2) is 11.5 Å². The zero-order valence-corrected chi connectivity index (χ0v) is 17.3. The first-order chi connectivity index (χ1) is 13.6. The van der Waals surface area contributed by atoms with Crippen LogP contribution in [0.2, 0.25) is 0 Å². The van der Waals surface area contributed by atoms with Crippen molar-refractivity contribution in [1.29, 1.82) is 5.26 Å². The quantitative estimate of drug-likeness (QED) is 0.648. The van der Waals surface area contributed by atoms with Crippen molar-refractivity contribution in [2.75, 3.05) is 25.3 Å². The number of benzene rings is 2. The third kappa shape index (κ3) is 2.92. The van der Waals surface area contributed by atoms with E-state index in [0.29, 0.717) is 22.7 Å². The summed E-state index contributed by atoms with van der Waals surface area (Å²) in [4.78, 5) is 0. The largest absolute Gasteiger partial charge is 0.493 e. The minimum atomic E-state index is 0.459. The first-order valence-corrected chi connectivity index (χ1v) is 9.79. The predicted octanol–water partition coefficient (Wildman–Crippen LogP) is 5.16. The molecule has 0 atom stereocenters. The van der Waals surface area contributed by atoms with Gasteiger partial charge in [0.1, 0.15) is 6.07 Å². The van der Waals surface area contributed by atoms with Gasteiger partial charge in [-0.05, 0) is 63.7 Å². The van der Waals surface area contributed by atoms with Crippen LogP contribution < -0.4 is 20.5 Å². The van der Waals surface area contributed by atoms with E-state index in [4.69, 9.17) is 15.2 Å². The molecule has 5 nitrogen and oxygen atoms in total. The number of hydrogen-bond acceptors (Lipinski definition) is 5. The van der Waals surface area contributed by atoms with E-state index < -0.39 is 0 Å². The summed E-state index contributed by atoms with van der Waals surface area (Å²) in [6.07, 6.45) is 7.15. The number of methoxy groups -OCH3 is 2. The van der Waals surface area contributed by atoms with Crippen LogP contribution in [0.3, 0.4) is 0 Å². The van der Waals surface area contributed by atoms with Gasteiger partial charge >= 0.3 is 0 Å². The second-order valence-corrected chi connectivity index (χ2v) is 7.66. The van der Waals surface area contributed by atoms with E-state index in [1.807, 2.05) is 18.2 Å². The Balaban J connectivity index is 1.97. The van der Waals surface area contributed by atoms with Crippen LogP contribution in [-0.2, 0) is 6.42 Å². The number of nitrogens with two attached hydrogens (primary N) is 1. The molecule has 0 aromatic heterocycles. The molecule has 2 aromatic rings. The highest BCUT2D eigenvalue weighted by Gasteiger charge is 2.26. The zero-order valence-electron chi connectivity index (χ0n) is 15.7. The number of allylic oxidation sites excluding steroid dienone is 4. The molecule has 2 aromatic carbocycles. The number of halogens is 1. The van der Waals surface area contributed by atoms with E-state index in [0.717, 1.165) is 46.1 Å². The number of nitrogens with one attached hydrogen (secondary N) is 1. The number of hydrogen-bond donors (Lipinski definition) is 2. The summed E-state index contributed by atoms with van der Waals surface area (Å²) in [6.45, 7) is 0. The van der Waals surface area contributed by atoms with Crippen LogP contribution in [0.5, 0.6) is 11.5 Å². The van der Waals surface area contributed by atoms with Gasteiger partial charge in [-0.15, -0.1) is 0 Å². The molecular weight excluding hydrogens is 418 g/mol. The molecule has 0 saturated heterocycles. The first kappa shape index (κ1) is 18.5. The topological polar surface area (TPSA) is 80.3 Å². The van der Waals surface area contributed by atoms with Gasteiger partial charge in [-0.3, -0.25) is 0 Å². The summed E-state index contributed by atoms with van der Waals surface area (Å²) in [5.41, 5.74) is 13.4. The number of ether oxygens (including phenoxy) is 2. The third-order valence-corrected chi connectivity index (χ3v) is 5.79. The molecule has 0 radical (unpaired) electrons. The maximum atomic E-state index is 9.84. The molecule has 1 heterocycles. The molecule has 0 bridgehead atoms. The molecule has 0 unspecified atom stereocenters. The van der Waals surface area contributed by atoms with Gasteiger partial charge in [-0.25, -0.2) is 0 Å². The van der Waals surface area contributed by atoms with Gasteiger partial charge in [-0.2, -0.15) is 5.26 Å². The Labute approximate surface area is 172 Å². The van der Waals surface area contributed by atoms with Crippen molar-refractivity contribution in [3.8, 4) is 28.7 Å². The van der Waals surface area contributed by atoms with Crippen LogP contribution in [0, 0.1) is 11.3 Å². The van der Waals surface area contributed by atoms with E-state index in [1.54, 1.807) is 14.2 Å². The highest BCUT2D eigenvalue weighted by atomic mass is 79.9. The maximum Gasteiger partial charge on any atom is 0.174 e. The summed E-state index contributed by atoms with van der Waals surface area (Å²) in [6, 6.07) is 8.01. The van der Waals surface area contributed by atoms with Gasteiger partial charge in [-0.1, -0.05) is 12.2 Å². The second-order valence-electron chi connectivity index (χ2n) is 6.80. The molecule has 1 aliphatic carbocycles. The monoisotopic (exact) mass is 437 g/mol. The second kappa shape index (κ2) is 7.25. The molecule has 4 rings (SSSR count). The van der Waals surface area contributed by atoms with Gasteiger partial charge in [0.25, 0.3) is 0 Å². The lowest BCUT2D eigenvalue weighted by molar-refractivity contribution is 0.353. The van der Waals surface area contributed by atoms with Gasteiger partial charge < -0.3 is 20.5 Å². The fraction of sp³-hybridized carbons (Fsp3) is 0.227. The van der Waals surface area contributed by atoms with E-state index in [2.05, 4.69) is 39.5 Å². The van der Waals surface area contributed by atoms with E-state index in [9.17, 15) is 5.26 Å². The number of nitrogens with zero attached hydrogens (tertiary/aromatic N) is 1. The summed E-state index contributed by atoms with van der Waals surface area (Å²) < 4.78 is 11.7. The molecule has 142 valence electrons. The van der Waals surface area contributed by atoms with Crippen molar-refractivity contribution >= 4 is 27.3 Å². The van der Waals surface area contributed by atoms with Crippen LogP contribution in [0.4, 0.5) is 11.4 Å². The molecule has 2 aliphatic rings. The Bertz CT molecular complexity index is 1080. The van der Waals surface area contributed by atoms with Crippen LogP contribution in [0.15, 0.2) is 46.1 Å². The number of fused-ring (bicyclic) bond motifs is 1. The molecule has 28 heavy (non-hydrogen) atoms. The van der Waals surface area contributed by atoms with Crippen molar-refractivity contribution in [2.24, 2.45) is 0 Å². The highest BCUT2D eigenvalue weighted by molar-refractivity contribution is 9.10. The van der Waals surface area contributed by atoms with Gasteiger partial charge in [0, 0.05) is 17.7 Å². The number of rotatable bonds is 3. The van der Waals surface area contributed by atoms with Crippen LogP contribution >= 0.6 is 15.9 Å². The van der Waals surface area contributed by atoms with Crippen molar-refractivity contribution in [3.05, 3.63) is 57.2 Å². The minimum absolute atomic E-state index is 0.459. The minimum Gasteiger partial charge on any atom is -0.493 e. The van der Waals surface area contributed by atoms with Crippen LogP contribution in [0.1, 0.15) is 24.0 Å². The number of anilines is 2. The Morgan fingerprint density at radius 3 is 2.75 bits per heavy atom. The van der Waals surface area contributed by atoms with Gasteiger partial charge in [0.05, 0.1) is 35.6 Å². The first-order valence-electron chi connectivity index (χ1n) is 9.00. The van der Waals surface area contributed by atoms with E-state index in [-0.39, 0.29) is 0 Å². The summed E-state index contributed by atoms with van der Waals surface area (Å²) in [7, 11) is 3.19. The molecule has 6 heteroatoms. The number of nitriles is 1. The lowest BCUT2D eigenvalue weighted by Gasteiger charge is -2.29. The van der Waals surface area contributed by atoms with Gasteiger partial charge in [0.2, 0.25) is 0 Å². The molecule has 0 fully saturated rings. The fourth-order valence-electron chi connectivity index (χ4n) is 3.89. The van der Waals surface area contributed by atoms with E-state index >= 15 is 0 Å². The Morgan fingerprint density at radius 2 is 2.04 bits per heavy atom. The zero-order chi connectivity index (χ0) is 19.8. The molecule has 0 saturated carbocycles. The third-order valence-electron chi connectivity index (χ3n) is 5.20. The normalized spacial score (nSPS) is 14.6. The molecule has 0 spiro atoms. The van der Waals surface area contributed by atoms with E-state index in [1.165, 1.54) is 11.3 Å². The Hall–Kier alpha value is -2.91. The standard InChI is InChI=1S/C22H20BrN3O2/c1-27-19-10-13(8-16(23)22(19)28-2)20-15(11-24)17(25)9-14-7-12-5-3-4-6-18(12)26-21(14)20/h3,5,8-10,26H,4,6-7,25H2,1-2H3. The summed E-state index contributed by atoms with van der Waals surface area (Å²) in [5, 5.41) is 13.4. The van der Waals surface area contributed by atoms with Crippen molar-refractivity contribution in [2.45, 2.75) is 19.3 Å². The van der Waals surface area contributed by atoms with Crippen molar-refractivity contribution in [3.63, 3.8) is 0 Å². The lowest BCUT2D eigenvalue weighted by atomic mass is 9.86. The van der Waals surface area contributed by atoms with Crippen molar-refractivity contribution < 1.29 is 9.47 Å². The smallest absolute Gasteiger partial charge is 0.174 e. The predicted molar refractivity (Wildman–Crippen MR) is 115 cm³/mol. The average molecular weight is 438 g/mol. The molecule has 0 amide bonds. The molecule has 3 N–H and O–H groups in total. The van der Waals surface area contributed by atoms with Crippen LogP contribution in [0.25, 0.3) is 11.1 Å². The summed E-state index contributed by atoms with van der Waals surface area (Å²) in [5.74, 6) is 1.20. The van der Waals surface area contributed by atoms with Crippen molar-refractivity contribution in [1.82, 2.24) is 0 Å².